The largest absolute Gasteiger partial charge is 0.433 e. The molecule has 1 aliphatic rings. The van der Waals surface area contributed by atoms with Crippen LogP contribution in [-0.2, 0) is 5.41 Å². The average molecular weight is 374 g/mol. The van der Waals surface area contributed by atoms with Crippen LogP contribution in [0.15, 0.2) is 30.5 Å². The van der Waals surface area contributed by atoms with Gasteiger partial charge in [-0.2, -0.15) is 10.2 Å². The first kappa shape index (κ1) is 18.4. The van der Waals surface area contributed by atoms with Gasteiger partial charge in [-0.25, -0.2) is 4.98 Å². The van der Waals surface area contributed by atoms with Crippen LogP contribution >= 0.6 is 0 Å². The minimum atomic E-state index is 0.0929. The molecule has 1 aromatic carbocycles. The lowest BCUT2D eigenvalue weighted by molar-refractivity contribution is 0.447. The fourth-order valence-corrected chi connectivity index (χ4v) is 3.72. The molecule has 2 aromatic heterocycles. The van der Waals surface area contributed by atoms with Gasteiger partial charge >= 0.3 is 0 Å². The molecule has 0 fully saturated rings. The van der Waals surface area contributed by atoms with E-state index in [0.29, 0.717) is 11.6 Å². The molecule has 3 aromatic rings. The Kier molecular flexibility index (Phi) is 4.14. The van der Waals surface area contributed by atoms with Gasteiger partial charge in [0.15, 0.2) is 5.75 Å². The first-order valence-corrected chi connectivity index (χ1v) is 9.56. The summed E-state index contributed by atoms with van der Waals surface area (Å²) in [6.07, 6.45) is 1.77. The van der Waals surface area contributed by atoms with E-state index in [2.05, 4.69) is 72.9 Å². The van der Waals surface area contributed by atoms with Crippen molar-refractivity contribution in [2.45, 2.75) is 53.9 Å². The second-order valence-electron chi connectivity index (χ2n) is 8.57. The van der Waals surface area contributed by atoms with Crippen LogP contribution in [0.25, 0.3) is 0 Å². The van der Waals surface area contributed by atoms with Crippen molar-refractivity contribution in [1.82, 2.24) is 15.2 Å². The Bertz CT molecular complexity index is 1060. The number of nitrogens with zero attached hydrogens (tertiary/aromatic N) is 4. The molecule has 1 aliphatic heterocycles. The van der Waals surface area contributed by atoms with Crippen LogP contribution in [-0.4, -0.2) is 15.2 Å². The first-order valence-electron chi connectivity index (χ1n) is 9.56. The molecule has 0 saturated carbocycles. The zero-order chi connectivity index (χ0) is 20.2. The van der Waals surface area contributed by atoms with Crippen molar-refractivity contribution in [3.05, 3.63) is 58.5 Å². The normalized spacial score (nSPS) is 13.0. The molecule has 0 amide bonds. The van der Waals surface area contributed by atoms with E-state index in [9.17, 15) is 0 Å². The summed E-state index contributed by atoms with van der Waals surface area (Å²) in [7, 11) is 0. The maximum absolute atomic E-state index is 6.14. The number of hydrogen-bond acceptors (Lipinski definition) is 5. The zero-order valence-corrected chi connectivity index (χ0v) is 17.6. The van der Waals surface area contributed by atoms with Gasteiger partial charge in [0.25, 0.3) is 0 Å². The first-order chi connectivity index (χ1) is 13.2. The maximum Gasteiger partial charge on any atom is 0.244 e. The van der Waals surface area contributed by atoms with Crippen LogP contribution in [0.4, 0.5) is 17.1 Å². The Labute approximate surface area is 166 Å². The Morgan fingerprint density at radius 3 is 2.25 bits per heavy atom. The third-order valence-electron chi connectivity index (χ3n) is 5.19. The molecular weight excluding hydrogens is 348 g/mol. The van der Waals surface area contributed by atoms with Crippen molar-refractivity contribution < 1.29 is 4.74 Å². The molecule has 3 heterocycles. The average Bonchev–Trinajstić information content (AvgIpc) is 2.60. The topological polar surface area (TPSA) is 51.1 Å². The Morgan fingerprint density at radius 1 is 0.929 bits per heavy atom. The van der Waals surface area contributed by atoms with Gasteiger partial charge in [-0.15, -0.1) is 0 Å². The highest BCUT2D eigenvalue weighted by Gasteiger charge is 2.31. The maximum atomic E-state index is 6.14. The number of aryl methyl sites for hydroxylation is 4. The molecule has 0 bridgehead atoms. The predicted molar refractivity (Wildman–Crippen MR) is 112 cm³/mol. The highest BCUT2D eigenvalue weighted by Crippen LogP contribution is 2.51. The van der Waals surface area contributed by atoms with E-state index in [1.54, 1.807) is 6.20 Å². The third-order valence-corrected chi connectivity index (χ3v) is 5.19. The molecule has 0 aliphatic carbocycles. The SMILES string of the molecule is Cc1ccc2c(n1)Oc1c(cnnc1C)N2c1c(C)cc(C(C)(C)C)cc1C. The number of aromatic nitrogens is 3. The number of hydrogen-bond donors (Lipinski definition) is 0. The van der Waals surface area contributed by atoms with E-state index in [1.165, 1.54) is 16.7 Å². The number of rotatable bonds is 1. The van der Waals surface area contributed by atoms with Gasteiger partial charge in [0, 0.05) is 5.69 Å². The Morgan fingerprint density at radius 2 is 1.61 bits per heavy atom. The summed E-state index contributed by atoms with van der Waals surface area (Å²) in [5.41, 5.74) is 8.44. The molecule has 0 N–H and O–H groups in total. The summed E-state index contributed by atoms with van der Waals surface area (Å²) in [5.74, 6) is 1.31. The number of benzene rings is 1. The van der Waals surface area contributed by atoms with E-state index in [0.717, 1.165) is 28.5 Å². The van der Waals surface area contributed by atoms with Crippen LogP contribution < -0.4 is 9.64 Å². The quantitative estimate of drug-likeness (QED) is 0.410. The summed E-state index contributed by atoms with van der Waals surface area (Å²) < 4.78 is 6.14. The predicted octanol–water partition coefficient (Wildman–Crippen LogP) is 5.98. The smallest absolute Gasteiger partial charge is 0.244 e. The van der Waals surface area contributed by atoms with Crippen LogP contribution in [0, 0.1) is 27.7 Å². The van der Waals surface area contributed by atoms with Gasteiger partial charge in [-0.1, -0.05) is 32.9 Å². The number of pyridine rings is 1. The molecule has 0 spiro atoms. The molecule has 0 saturated heterocycles. The molecule has 4 rings (SSSR count). The van der Waals surface area contributed by atoms with E-state index in [4.69, 9.17) is 4.74 Å². The Balaban J connectivity index is 2.00. The van der Waals surface area contributed by atoms with E-state index in [-0.39, 0.29) is 5.41 Å². The lowest BCUT2D eigenvalue weighted by atomic mass is 9.84. The third kappa shape index (κ3) is 2.91. The van der Waals surface area contributed by atoms with Crippen molar-refractivity contribution in [2.24, 2.45) is 0 Å². The number of ether oxygens (including phenoxy) is 1. The van der Waals surface area contributed by atoms with Crippen molar-refractivity contribution in [1.29, 1.82) is 0 Å². The van der Waals surface area contributed by atoms with Crippen LogP contribution in [0.2, 0.25) is 0 Å². The molecule has 28 heavy (non-hydrogen) atoms. The second kappa shape index (κ2) is 6.30. The summed E-state index contributed by atoms with van der Waals surface area (Å²) >= 11 is 0. The van der Waals surface area contributed by atoms with Crippen LogP contribution in [0.5, 0.6) is 11.6 Å². The minimum Gasteiger partial charge on any atom is -0.433 e. The van der Waals surface area contributed by atoms with Crippen molar-refractivity contribution in [3.63, 3.8) is 0 Å². The van der Waals surface area contributed by atoms with Crippen molar-refractivity contribution in [2.75, 3.05) is 4.90 Å². The highest BCUT2D eigenvalue weighted by atomic mass is 16.5. The highest BCUT2D eigenvalue weighted by molar-refractivity contribution is 5.87. The molecular formula is C23H26N4O. The monoisotopic (exact) mass is 374 g/mol. The molecule has 0 radical (unpaired) electrons. The second-order valence-corrected chi connectivity index (χ2v) is 8.57. The molecule has 0 unspecified atom stereocenters. The molecule has 5 nitrogen and oxygen atoms in total. The van der Waals surface area contributed by atoms with Gasteiger partial charge in [0.1, 0.15) is 17.1 Å². The summed E-state index contributed by atoms with van der Waals surface area (Å²) in [6, 6.07) is 8.63. The minimum absolute atomic E-state index is 0.0929. The molecule has 0 atom stereocenters. The van der Waals surface area contributed by atoms with Crippen LogP contribution in [0.1, 0.15) is 48.8 Å². The fourth-order valence-electron chi connectivity index (χ4n) is 3.72. The zero-order valence-electron chi connectivity index (χ0n) is 17.6. The Hall–Kier alpha value is -2.95. The summed E-state index contributed by atoms with van der Waals surface area (Å²) in [4.78, 5) is 6.84. The van der Waals surface area contributed by atoms with E-state index < -0.39 is 0 Å². The van der Waals surface area contributed by atoms with Gasteiger partial charge in [-0.3, -0.25) is 0 Å². The number of fused-ring (bicyclic) bond motifs is 2. The van der Waals surface area contributed by atoms with E-state index >= 15 is 0 Å². The van der Waals surface area contributed by atoms with Crippen molar-refractivity contribution >= 4 is 17.1 Å². The van der Waals surface area contributed by atoms with Gasteiger partial charge in [-0.05, 0) is 61.9 Å². The van der Waals surface area contributed by atoms with Gasteiger partial charge in [0.2, 0.25) is 5.88 Å². The van der Waals surface area contributed by atoms with Gasteiger partial charge in [0.05, 0.1) is 11.9 Å². The summed E-state index contributed by atoms with van der Waals surface area (Å²) in [5, 5.41) is 8.37. The molecule has 144 valence electrons. The lowest BCUT2D eigenvalue weighted by Crippen LogP contribution is -2.21. The summed E-state index contributed by atoms with van der Waals surface area (Å²) in [6.45, 7) is 14.9. The van der Waals surface area contributed by atoms with Crippen LogP contribution in [0.3, 0.4) is 0 Å². The van der Waals surface area contributed by atoms with E-state index in [1.807, 2.05) is 19.9 Å². The molecule has 5 heteroatoms. The number of anilines is 3. The standard InChI is InChI=1S/C23H26N4O/c1-13-10-17(23(5,6)7)11-14(2)20(13)27-18-9-8-15(3)25-22(18)28-21-16(4)26-24-12-19(21)27/h8-12H,1-7H3. The van der Waals surface area contributed by atoms with Gasteiger partial charge < -0.3 is 9.64 Å². The lowest BCUT2D eigenvalue weighted by Gasteiger charge is -2.34. The van der Waals surface area contributed by atoms with Crippen molar-refractivity contribution in [3.8, 4) is 11.6 Å². The fraction of sp³-hybridized carbons (Fsp3) is 0.348.